The molecule has 0 bridgehead atoms. The minimum atomic E-state index is -0.186. The molecule has 3 atom stereocenters. The predicted octanol–water partition coefficient (Wildman–Crippen LogP) is 2.07. The maximum Gasteiger partial charge on any atom is 0.123 e. The van der Waals surface area contributed by atoms with Crippen LogP contribution in [-0.4, -0.2) is 35.8 Å². The van der Waals surface area contributed by atoms with Crippen LogP contribution in [0.3, 0.4) is 0 Å². The van der Waals surface area contributed by atoms with Crippen LogP contribution in [0.2, 0.25) is 0 Å². The molecular weight excluding hydrogens is 238 g/mol. The fourth-order valence-electron chi connectivity index (χ4n) is 4.32. The minimum absolute atomic E-state index is 0.163. The number of nitrogens with zero attached hydrogens (tertiary/aromatic N) is 1. The number of aliphatic hydroxyl groups is 1. The van der Waals surface area contributed by atoms with E-state index in [9.17, 15) is 5.11 Å². The quantitative estimate of drug-likeness (QED) is 0.774. The van der Waals surface area contributed by atoms with Gasteiger partial charge in [0.05, 0.1) is 6.10 Å². The van der Waals surface area contributed by atoms with E-state index in [1.165, 1.54) is 11.1 Å². The lowest BCUT2D eigenvalue weighted by Crippen LogP contribution is -2.45. The van der Waals surface area contributed by atoms with Crippen molar-refractivity contribution in [2.24, 2.45) is 0 Å². The van der Waals surface area contributed by atoms with Crippen LogP contribution in [0.4, 0.5) is 0 Å². The summed E-state index contributed by atoms with van der Waals surface area (Å²) in [7, 11) is 2.20. The van der Waals surface area contributed by atoms with Crippen LogP contribution >= 0.6 is 0 Å². The van der Waals surface area contributed by atoms with Crippen molar-refractivity contribution >= 4 is 0 Å². The third kappa shape index (κ3) is 1.58. The molecule has 3 aliphatic rings. The molecule has 0 amide bonds. The van der Waals surface area contributed by atoms with E-state index in [4.69, 9.17) is 4.74 Å². The second kappa shape index (κ2) is 3.97. The molecule has 0 radical (unpaired) electrons. The maximum atomic E-state index is 9.96. The van der Waals surface area contributed by atoms with Crippen LogP contribution in [0, 0.1) is 0 Å². The van der Waals surface area contributed by atoms with Crippen molar-refractivity contribution in [3.63, 3.8) is 0 Å². The lowest BCUT2D eigenvalue weighted by Gasteiger charge is -2.40. The Bertz CT molecular complexity index is 515. The molecule has 1 aromatic rings. The Balaban J connectivity index is 1.87. The van der Waals surface area contributed by atoms with Gasteiger partial charge in [-0.2, -0.15) is 0 Å². The van der Waals surface area contributed by atoms with Crippen LogP contribution < -0.4 is 4.74 Å². The van der Waals surface area contributed by atoms with Gasteiger partial charge >= 0.3 is 0 Å². The van der Waals surface area contributed by atoms with Crippen molar-refractivity contribution in [1.82, 2.24) is 4.90 Å². The highest BCUT2D eigenvalue weighted by Gasteiger charge is 2.53. The zero-order valence-corrected chi connectivity index (χ0v) is 11.4. The molecule has 4 rings (SSSR count). The largest absolute Gasteiger partial charge is 0.489 e. The second-order valence-corrected chi connectivity index (χ2v) is 6.47. The normalized spacial score (nSPS) is 37.2. The summed E-state index contributed by atoms with van der Waals surface area (Å²) in [4.78, 5) is 2.41. The van der Waals surface area contributed by atoms with Gasteiger partial charge in [-0.3, -0.25) is 0 Å². The lowest BCUT2D eigenvalue weighted by atomic mass is 9.65. The fraction of sp³-hybridized carbons (Fsp3) is 0.625. The molecule has 1 fully saturated rings. The molecule has 19 heavy (non-hydrogen) atoms. The SMILES string of the molecule is CN1CC[C@@]23CC[C@H](O)C[C@@H]2Oc2cccc(c23)C1. The molecular formula is C16H21NO2. The van der Waals surface area contributed by atoms with E-state index in [1.807, 2.05) is 0 Å². The molecule has 0 saturated heterocycles. The van der Waals surface area contributed by atoms with Gasteiger partial charge in [-0.05, 0) is 44.5 Å². The van der Waals surface area contributed by atoms with Gasteiger partial charge in [-0.15, -0.1) is 0 Å². The third-order valence-corrected chi connectivity index (χ3v) is 5.29. The summed E-state index contributed by atoms with van der Waals surface area (Å²) in [6, 6.07) is 6.46. The standard InChI is InChI=1S/C16H21NO2/c1-17-8-7-16-6-5-12(18)9-14(16)19-13-4-2-3-11(10-17)15(13)16/h2-4,12,14,18H,5-10H2,1H3/t12-,14-,16-/m0/s1. The van der Waals surface area contributed by atoms with Crippen molar-refractivity contribution in [3.8, 4) is 5.75 Å². The first-order valence-corrected chi connectivity index (χ1v) is 7.35. The molecule has 3 heteroatoms. The highest BCUT2D eigenvalue weighted by atomic mass is 16.5. The summed E-state index contributed by atoms with van der Waals surface area (Å²) >= 11 is 0. The van der Waals surface area contributed by atoms with E-state index < -0.39 is 0 Å². The highest BCUT2D eigenvalue weighted by Crippen LogP contribution is 2.54. The molecule has 1 N–H and O–H groups in total. The van der Waals surface area contributed by atoms with E-state index in [-0.39, 0.29) is 17.6 Å². The van der Waals surface area contributed by atoms with Gasteiger partial charge < -0.3 is 14.7 Å². The Morgan fingerprint density at radius 3 is 3.16 bits per heavy atom. The van der Waals surface area contributed by atoms with Gasteiger partial charge in [0.15, 0.2) is 0 Å². The highest BCUT2D eigenvalue weighted by molar-refractivity contribution is 5.51. The van der Waals surface area contributed by atoms with Crippen LogP contribution in [0.15, 0.2) is 18.2 Å². The van der Waals surface area contributed by atoms with Gasteiger partial charge in [0.1, 0.15) is 11.9 Å². The molecule has 2 aliphatic heterocycles. The molecule has 1 aromatic carbocycles. The number of hydrogen-bond donors (Lipinski definition) is 1. The van der Waals surface area contributed by atoms with Crippen LogP contribution in [0.5, 0.6) is 5.75 Å². The summed E-state index contributed by atoms with van der Waals surface area (Å²) in [5.41, 5.74) is 3.04. The van der Waals surface area contributed by atoms with Gasteiger partial charge in [0.25, 0.3) is 0 Å². The Hall–Kier alpha value is -1.06. The second-order valence-electron chi connectivity index (χ2n) is 6.47. The average Bonchev–Trinajstić information content (AvgIpc) is 2.63. The zero-order chi connectivity index (χ0) is 13.0. The van der Waals surface area contributed by atoms with Gasteiger partial charge in [-0.25, -0.2) is 0 Å². The average molecular weight is 259 g/mol. The van der Waals surface area contributed by atoms with Crippen LogP contribution in [0.1, 0.15) is 36.8 Å². The van der Waals surface area contributed by atoms with E-state index in [2.05, 4.69) is 30.1 Å². The van der Waals surface area contributed by atoms with Crippen LogP contribution in [-0.2, 0) is 12.0 Å². The Kier molecular flexibility index (Phi) is 2.45. The van der Waals surface area contributed by atoms with Crippen molar-refractivity contribution in [3.05, 3.63) is 29.3 Å². The molecule has 1 spiro atoms. The smallest absolute Gasteiger partial charge is 0.123 e. The number of hydrogen-bond acceptors (Lipinski definition) is 3. The Labute approximate surface area is 114 Å². The van der Waals surface area contributed by atoms with E-state index in [0.29, 0.717) is 0 Å². The first-order valence-electron chi connectivity index (χ1n) is 7.35. The molecule has 102 valence electrons. The number of rotatable bonds is 0. The zero-order valence-electron chi connectivity index (χ0n) is 11.4. The van der Waals surface area contributed by atoms with E-state index >= 15 is 0 Å². The number of benzene rings is 1. The van der Waals surface area contributed by atoms with Crippen molar-refractivity contribution < 1.29 is 9.84 Å². The number of aliphatic hydroxyl groups excluding tert-OH is 1. The summed E-state index contributed by atoms with van der Waals surface area (Å²) in [6.07, 6.45) is 3.92. The predicted molar refractivity (Wildman–Crippen MR) is 73.3 cm³/mol. The topological polar surface area (TPSA) is 32.7 Å². The Morgan fingerprint density at radius 1 is 1.37 bits per heavy atom. The van der Waals surface area contributed by atoms with Crippen LogP contribution in [0.25, 0.3) is 0 Å². The summed E-state index contributed by atoms with van der Waals surface area (Å²) in [6.45, 7) is 2.13. The monoisotopic (exact) mass is 259 g/mol. The maximum absolute atomic E-state index is 9.96. The summed E-state index contributed by atoms with van der Waals surface area (Å²) < 4.78 is 6.21. The van der Waals surface area contributed by atoms with Gasteiger partial charge in [0, 0.05) is 23.9 Å². The first-order chi connectivity index (χ1) is 9.19. The van der Waals surface area contributed by atoms with Crippen molar-refractivity contribution in [2.45, 2.75) is 49.9 Å². The molecule has 1 aliphatic carbocycles. The van der Waals surface area contributed by atoms with Crippen molar-refractivity contribution in [2.75, 3.05) is 13.6 Å². The molecule has 3 nitrogen and oxygen atoms in total. The summed E-state index contributed by atoms with van der Waals surface area (Å²) in [5, 5.41) is 9.96. The molecule has 0 aromatic heterocycles. The summed E-state index contributed by atoms with van der Waals surface area (Å²) in [5.74, 6) is 1.08. The molecule has 0 unspecified atom stereocenters. The van der Waals surface area contributed by atoms with Crippen molar-refractivity contribution in [1.29, 1.82) is 0 Å². The van der Waals surface area contributed by atoms with E-state index in [0.717, 1.165) is 44.5 Å². The molecule has 1 saturated carbocycles. The van der Waals surface area contributed by atoms with Gasteiger partial charge in [-0.1, -0.05) is 12.1 Å². The Morgan fingerprint density at radius 2 is 2.26 bits per heavy atom. The first kappa shape index (κ1) is 11.7. The van der Waals surface area contributed by atoms with E-state index in [1.54, 1.807) is 0 Å². The third-order valence-electron chi connectivity index (χ3n) is 5.29. The lowest BCUT2D eigenvalue weighted by molar-refractivity contribution is 0.0126. The van der Waals surface area contributed by atoms with Gasteiger partial charge in [0.2, 0.25) is 0 Å². The molecule has 2 heterocycles. The number of ether oxygens (including phenoxy) is 1. The minimum Gasteiger partial charge on any atom is -0.489 e. The fourth-order valence-corrected chi connectivity index (χ4v) is 4.32.